The first-order valence-corrected chi connectivity index (χ1v) is 8.42. The Labute approximate surface area is 150 Å². The molecule has 0 aliphatic heterocycles. The van der Waals surface area contributed by atoms with Gasteiger partial charge in [-0.2, -0.15) is 0 Å². The summed E-state index contributed by atoms with van der Waals surface area (Å²) in [6.45, 7) is 0. The topological polar surface area (TPSA) is 56.8 Å². The van der Waals surface area contributed by atoms with Gasteiger partial charge < -0.3 is 19.5 Å². The minimum absolute atomic E-state index is 0.157. The monoisotopic (exact) mass is 367 g/mol. The van der Waals surface area contributed by atoms with Gasteiger partial charge in [-0.25, -0.2) is 0 Å². The highest BCUT2D eigenvalue weighted by molar-refractivity contribution is 8.00. The van der Waals surface area contributed by atoms with Gasteiger partial charge in [-0.15, -0.1) is 11.8 Å². The molecule has 0 aromatic heterocycles. The molecule has 0 heterocycles. The third kappa shape index (κ3) is 4.72. The largest absolute Gasteiger partial charge is 0.495 e. The van der Waals surface area contributed by atoms with Crippen molar-refractivity contribution >= 4 is 35.0 Å². The van der Waals surface area contributed by atoms with E-state index in [1.807, 2.05) is 12.1 Å². The second-order valence-electron chi connectivity index (χ2n) is 4.70. The molecule has 0 radical (unpaired) electrons. The molecular formula is C17H18ClNO4S. The quantitative estimate of drug-likeness (QED) is 0.747. The van der Waals surface area contributed by atoms with E-state index in [1.54, 1.807) is 38.5 Å². The first-order valence-electron chi connectivity index (χ1n) is 7.05. The number of methoxy groups -OCH3 is 3. The van der Waals surface area contributed by atoms with Crippen LogP contribution in [0.2, 0.25) is 5.02 Å². The molecule has 0 saturated carbocycles. The van der Waals surface area contributed by atoms with Crippen molar-refractivity contribution in [1.82, 2.24) is 0 Å². The number of carbonyl (C=O) groups is 1. The normalized spacial score (nSPS) is 10.2. The van der Waals surface area contributed by atoms with Gasteiger partial charge in [0.1, 0.15) is 5.75 Å². The highest BCUT2D eigenvalue weighted by Crippen LogP contribution is 2.32. The molecule has 0 saturated heterocycles. The molecule has 0 aliphatic rings. The van der Waals surface area contributed by atoms with Crippen molar-refractivity contribution in [2.24, 2.45) is 0 Å². The Bertz CT molecular complexity index is 724. The lowest BCUT2D eigenvalue weighted by molar-refractivity contribution is -0.113. The molecule has 7 heteroatoms. The van der Waals surface area contributed by atoms with Crippen molar-refractivity contribution in [3.05, 3.63) is 41.4 Å². The van der Waals surface area contributed by atoms with E-state index in [0.29, 0.717) is 28.0 Å². The number of ether oxygens (including phenoxy) is 3. The summed E-state index contributed by atoms with van der Waals surface area (Å²) in [5.41, 5.74) is 0.544. The maximum Gasteiger partial charge on any atom is 0.234 e. The lowest BCUT2D eigenvalue weighted by Crippen LogP contribution is -2.14. The lowest BCUT2D eigenvalue weighted by Gasteiger charge is -2.11. The predicted octanol–water partition coefficient (Wildman–Crippen LogP) is 4.10. The number of thioether (sulfide) groups is 1. The van der Waals surface area contributed by atoms with Crippen LogP contribution in [0.3, 0.4) is 0 Å². The van der Waals surface area contributed by atoms with Crippen LogP contribution in [-0.2, 0) is 4.79 Å². The second-order valence-corrected chi connectivity index (χ2v) is 6.18. The number of halogens is 1. The molecule has 1 amide bonds. The van der Waals surface area contributed by atoms with E-state index in [4.69, 9.17) is 25.8 Å². The van der Waals surface area contributed by atoms with Crippen LogP contribution in [0, 0.1) is 0 Å². The minimum atomic E-state index is -0.157. The molecule has 0 spiro atoms. The fraction of sp³-hybridized carbons (Fsp3) is 0.235. The number of rotatable bonds is 7. The molecule has 0 fully saturated rings. The molecule has 128 valence electrons. The highest BCUT2D eigenvalue weighted by atomic mass is 35.5. The van der Waals surface area contributed by atoms with Gasteiger partial charge in [-0.1, -0.05) is 11.6 Å². The summed E-state index contributed by atoms with van der Waals surface area (Å²) in [7, 11) is 4.69. The summed E-state index contributed by atoms with van der Waals surface area (Å²) in [6.07, 6.45) is 0. The van der Waals surface area contributed by atoms with Gasteiger partial charge in [0.15, 0.2) is 11.5 Å². The zero-order valence-corrected chi connectivity index (χ0v) is 15.2. The number of nitrogens with one attached hydrogen (secondary N) is 1. The third-order valence-electron chi connectivity index (χ3n) is 3.16. The number of hydrogen-bond acceptors (Lipinski definition) is 5. The van der Waals surface area contributed by atoms with Gasteiger partial charge in [0.25, 0.3) is 0 Å². The predicted molar refractivity (Wildman–Crippen MR) is 96.9 cm³/mol. The van der Waals surface area contributed by atoms with Gasteiger partial charge in [0, 0.05) is 9.92 Å². The van der Waals surface area contributed by atoms with Crippen LogP contribution in [0.4, 0.5) is 5.69 Å². The van der Waals surface area contributed by atoms with Crippen LogP contribution >= 0.6 is 23.4 Å². The summed E-state index contributed by atoms with van der Waals surface area (Å²) in [4.78, 5) is 13.1. The first kappa shape index (κ1) is 18.3. The second kappa shape index (κ2) is 8.70. The van der Waals surface area contributed by atoms with Crippen LogP contribution in [0.1, 0.15) is 0 Å². The summed E-state index contributed by atoms with van der Waals surface area (Å²) < 4.78 is 15.7. The van der Waals surface area contributed by atoms with Crippen LogP contribution in [0.25, 0.3) is 0 Å². The third-order valence-corrected chi connectivity index (χ3v) is 4.39. The van der Waals surface area contributed by atoms with Crippen molar-refractivity contribution in [3.63, 3.8) is 0 Å². The van der Waals surface area contributed by atoms with Crippen molar-refractivity contribution < 1.29 is 19.0 Å². The molecule has 1 N–H and O–H groups in total. The molecule has 0 unspecified atom stereocenters. The molecule has 2 rings (SSSR count). The standard InChI is InChI=1S/C17H18ClNO4S/c1-21-14-6-4-11(18)8-13(14)19-17(20)10-24-12-5-7-15(22-2)16(9-12)23-3/h4-9H,10H2,1-3H3,(H,19,20). The number of anilines is 1. The van der Waals surface area contributed by atoms with E-state index < -0.39 is 0 Å². The highest BCUT2D eigenvalue weighted by Gasteiger charge is 2.10. The fourth-order valence-electron chi connectivity index (χ4n) is 2.02. The number of carbonyl (C=O) groups excluding carboxylic acids is 1. The summed E-state index contributed by atoms with van der Waals surface area (Å²) in [5, 5.41) is 3.33. The van der Waals surface area contributed by atoms with E-state index in [2.05, 4.69) is 5.32 Å². The number of hydrogen-bond donors (Lipinski definition) is 1. The van der Waals surface area contributed by atoms with Crippen LogP contribution in [-0.4, -0.2) is 33.0 Å². The minimum Gasteiger partial charge on any atom is -0.495 e. The Kier molecular flexibility index (Phi) is 6.63. The molecule has 0 aliphatic carbocycles. The average Bonchev–Trinajstić information content (AvgIpc) is 2.59. The zero-order valence-electron chi connectivity index (χ0n) is 13.6. The molecule has 2 aromatic rings. The van der Waals surface area contributed by atoms with E-state index in [9.17, 15) is 4.79 Å². The van der Waals surface area contributed by atoms with Crippen molar-refractivity contribution in [1.29, 1.82) is 0 Å². The van der Waals surface area contributed by atoms with Gasteiger partial charge in [-0.3, -0.25) is 4.79 Å². The van der Waals surface area contributed by atoms with E-state index in [-0.39, 0.29) is 11.7 Å². The molecule has 2 aromatic carbocycles. The maximum absolute atomic E-state index is 12.2. The Morgan fingerprint density at radius 1 is 1.00 bits per heavy atom. The zero-order chi connectivity index (χ0) is 17.5. The maximum atomic E-state index is 12.2. The Morgan fingerprint density at radius 2 is 1.67 bits per heavy atom. The Balaban J connectivity index is 2.00. The van der Waals surface area contributed by atoms with Gasteiger partial charge in [0.05, 0.1) is 32.8 Å². The Hall–Kier alpha value is -2.05. The number of benzene rings is 2. The van der Waals surface area contributed by atoms with Crippen molar-refractivity contribution in [2.75, 3.05) is 32.4 Å². The fourth-order valence-corrected chi connectivity index (χ4v) is 2.92. The van der Waals surface area contributed by atoms with Crippen molar-refractivity contribution in [3.8, 4) is 17.2 Å². The van der Waals surface area contributed by atoms with Gasteiger partial charge in [-0.05, 0) is 36.4 Å². The van der Waals surface area contributed by atoms with Gasteiger partial charge in [0.2, 0.25) is 5.91 Å². The molecular weight excluding hydrogens is 350 g/mol. The van der Waals surface area contributed by atoms with E-state index in [0.717, 1.165) is 4.90 Å². The van der Waals surface area contributed by atoms with Crippen LogP contribution < -0.4 is 19.5 Å². The number of amides is 1. The SMILES string of the molecule is COc1ccc(Cl)cc1NC(=O)CSc1ccc(OC)c(OC)c1. The summed E-state index contributed by atoms with van der Waals surface area (Å²) >= 11 is 7.35. The van der Waals surface area contributed by atoms with Crippen LogP contribution in [0.15, 0.2) is 41.3 Å². The smallest absolute Gasteiger partial charge is 0.234 e. The molecule has 24 heavy (non-hydrogen) atoms. The summed E-state index contributed by atoms with van der Waals surface area (Å²) in [6, 6.07) is 10.6. The van der Waals surface area contributed by atoms with E-state index >= 15 is 0 Å². The van der Waals surface area contributed by atoms with Crippen LogP contribution in [0.5, 0.6) is 17.2 Å². The Morgan fingerprint density at radius 3 is 2.33 bits per heavy atom. The van der Waals surface area contributed by atoms with E-state index in [1.165, 1.54) is 18.9 Å². The lowest BCUT2D eigenvalue weighted by atomic mass is 10.3. The van der Waals surface area contributed by atoms with Gasteiger partial charge >= 0.3 is 0 Å². The molecule has 0 atom stereocenters. The molecule has 0 bridgehead atoms. The van der Waals surface area contributed by atoms with Crippen molar-refractivity contribution in [2.45, 2.75) is 4.90 Å². The molecule has 5 nitrogen and oxygen atoms in total. The average molecular weight is 368 g/mol. The first-order chi connectivity index (χ1) is 11.6. The summed E-state index contributed by atoms with van der Waals surface area (Å²) in [5.74, 6) is 1.92.